The van der Waals surface area contributed by atoms with Crippen LogP contribution in [0.4, 0.5) is 5.69 Å². The van der Waals surface area contributed by atoms with Gasteiger partial charge in [-0.3, -0.25) is 4.90 Å². The molecule has 1 aromatic carbocycles. The van der Waals surface area contributed by atoms with E-state index in [1.807, 2.05) is 0 Å². The van der Waals surface area contributed by atoms with Crippen molar-refractivity contribution in [3.8, 4) is 11.5 Å². The largest absolute Gasteiger partial charge is 0.494 e. The molecule has 0 amide bonds. The van der Waals surface area contributed by atoms with Gasteiger partial charge in [-0.05, 0) is 17.3 Å². The van der Waals surface area contributed by atoms with Gasteiger partial charge in [0.2, 0.25) is 0 Å². The molecule has 1 saturated heterocycles. The van der Waals surface area contributed by atoms with Crippen molar-refractivity contribution in [3.05, 3.63) is 23.1 Å². The van der Waals surface area contributed by atoms with E-state index in [-0.39, 0.29) is 5.69 Å². The Labute approximate surface area is 112 Å². The summed E-state index contributed by atoms with van der Waals surface area (Å²) in [6, 6.07) is 5.04. The first kappa shape index (κ1) is 13.8. The number of methoxy groups -OCH3 is 1. The fraction of sp³-hybridized carbons (Fsp3) is 0.538. The number of ether oxygens (including phenoxy) is 3. The zero-order chi connectivity index (χ0) is 13.5. The van der Waals surface area contributed by atoms with Crippen LogP contribution < -0.4 is 9.47 Å². The fourth-order valence-corrected chi connectivity index (χ4v) is 1.95. The minimum Gasteiger partial charge on any atom is -0.494 e. The van der Waals surface area contributed by atoms with Gasteiger partial charge in [0.25, 0.3) is 0 Å². The van der Waals surface area contributed by atoms with Gasteiger partial charge >= 0.3 is 0 Å². The maximum Gasteiger partial charge on any atom is 0.153 e. The van der Waals surface area contributed by atoms with E-state index in [2.05, 4.69) is 10.1 Å². The van der Waals surface area contributed by atoms with Gasteiger partial charge in [0.15, 0.2) is 5.69 Å². The van der Waals surface area contributed by atoms with Gasteiger partial charge in [0.1, 0.15) is 18.1 Å². The highest BCUT2D eigenvalue weighted by atomic mass is 16.5. The Balaban J connectivity index is 1.83. The Morgan fingerprint density at radius 2 is 2.16 bits per heavy atom. The zero-order valence-electron chi connectivity index (χ0n) is 11.0. The monoisotopic (exact) mass is 266 g/mol. The van der Waals surface area contributed by atoms with Crippen LogP contribution in [0, 0.1) is 4.91 Å². The molecule has 6 heteroatoms. The van der Waals surface area contributed by atoms with Gasteiger partial charge < -0.3 is 14.2 Å². The molecule has 2 rings (SSSR count). The van der Waals surface area contributed by atoms with Crippen LogP contribution in [-0.4, -0.2) is 51.5 Å². The van der Waals surface area contributed by atoms with Crippen molar-refractivity contribution >= 4 is 5.69 Å². The summed E-state index contributed by atoms with van der Waals surface area (Å²) < 4.78 is 15.9. The van der Waals surface area contributed by atoms with Crippen LogP contribution >= 0.6 is 0 Å². The van der Waals surface area contributed by atoms with E-state index in [9.17, 15) is 4.91 Å². The summed E-state index contributed by atoms with van der Waals surface area (Å²) in [6.45, 7) is 4.85. The number of rotatable bonds is 6. The molecule has 1 aliphatic heterocycles. The topological polar surface area (TPSA) is 60.4 Å². The van der Waals surface area contributed by atoms with Crippen molar-refractivity contribution in [2.24, 2.45) is 5.18 Å². The number of hydrogen-bond donors (Lipinski definition) is 0. The lowest BCUT2D eigenvalue weighted by atomic mass is 10.3. The molecule has 1 fully saturated rings. The minimum atomic E-state index is 0.256. The molecule has 0 aliphatic carbocycles. The summed E-state index contributed by atoms with van der Waals surface area (Å²) >= 11 is 0. The van der Waals surface area contributed by atoms with E-state index >= 15 is 0 Å². The molecule has 6 nitrogen and oxygen atoms in total. The zero-order valence-corrected chi connectivity index (χ0v) is 11.0. The molecule has 0 atom stereocenters. The molecule has 0 aromatic heterocycles. The summed E-state index contributed by atoms with van der Waals surface area (Å²) in [7, 11) is 1.50. The van der Waals surface area contributed by atoms with Crippen molar-refractivity contribution in [1.82, 2.24) is 4.90 Å². The third kappa shape index (κ3) is 3.90. The number of benzene rings is 1. The first-order chi connectivity index (χ1) is 9.33. The maximum absolute atomic E-state index is 10.7. The summed E-state index contributed by atoms with van der Waals surface area (Å²) in [4.78, 5) is 12.9. The highest BCUT2D eigenvalue weighted by molar-refractivity contribution is 5.55. The molecule has 0 spiro atoms. The smallest absolute Gasteiger partial charge is 0.153 e. The highest BCUT2D eigenvalue weighted by Gasteiger charge is 2.10. The Bertz CT molecular complexity index is 419. The molecule has 1 heterocycles. The number of nitroso groups, excluding NO2 is 1. The van der Waals surface area contributed by atoms with Crippen LogP contribution in [-0.2, 0) is 4.74 Å². The van der Waals surface area contributed by atoms with Crippen molar-refractivity contribution < 1.29 is 14.2 Å². The van der Waals surface area contributed by atoms with Gasteiger partial charge in [0, 0.05) is 25.7 Å². The summed E-state index contributed by atoms with van der Waals surface area (Å²) in [6.07, 6.45) is 0. The van der Waals surface area contributed by atoms with Crippen molar-refractivity contribution in [3.63, 3.8) is 0 Å². The fourth-order valence-electron chi connectivity index (χ4n) is 1.95. The van der Waals surface area contributed by atoms with Gasteiger partial charge in [-0.15, -0.1) is 4.91 Å². The lowest BCUT2D eigenvalue weighted by Gasteiger charge is -2.26. The van der Waals surface area contributed by atoms with Crippen LogP contribution in [0.5, 0.6) is 11.5 Å². The van der Waals surface area contributed by atoms with E-state index < -0.39 is 0 Å². The molecular formula is C13H18N2O4. The van der Waals surface area contributed by atoms with E-state index in [0.29, 0.717) is 18.1 Å². The Kier molecular flexibility index (Phi) is 5.11. The Morgan fingerprint density at radius 1 is 1.37 bits per heavy atom. The molecule has 0 N–H and O–H groups in total. The lowest BCUT2D eigenvalue weighted by Crippen LogP contribution is -2.38. The first-order valence-corrected chi connectivity index (χ1v) is 6.28. The summed E-state index contributed by atoms with van der Waals surface area (Å²) in [5, 5.41) is 2.92. The van der Waals surface area contributed by atoms with Crippen molar-refractivity contribution in [2.45, 2.75) is 0 Å². The average Bonchev–Trinajstić information content (AvgIpc) is 2.48. The van der Waals surface area contributed by atoms with Crippen molar-refractivity contribution in [2.75, 3.05) is 46.6 Å². The average molecular weight is 266 g/mol. The molecule has 104 valence electrons. The molecule has 0 bridgehead atoms. The van der Waals surface area contributed by atoms with Gasteiger partial charge in [0.05, 0.1) is 20.3 Å². The first-order valence-electron chi connectivity index (χ1n) is 6.28. The number of hydrogen-bond acceptors (Lipinski definition) is 6. The van der Waals surface area contributed by atoms with Gasteiger partial charge in [-0.1, -0.05) is 0 Å². The van der Waals surface area contributed by atoms with Crippen LogP contribution in [0.15, 0.2) is 23.4 Å². The standard InChI is InChI=1S/C13H18N2O4/c1-17-13-3-2-11(10-12(13)14-16)19-9-6-15-4-7-18-8-5-15/h2-3,10H,4-9H2,1H3. The maximum atomic E-state index is 10.7. The van der Waals surface area contributed by atoms with Crippen LogP contribution in [0.2, 0.25) is 0 Å². The Hall–Kier alpha value is -1.66. The molecule has 0 radical (unpaired) electrons. The van der Waals surface area contributed by atoms with Gasteiger partial charge in [-0.25, -0.2) is 0 Å². The SMILES string of the molecule is COc1ccc(OCCN2CCOCC2)cc1N=O. The number of nitrogens with zero attached hydrogens (tertiary/aromatic N) is 2. The molecule has 1 aromatic rings. The molecule has 0 unspecified atom stereocenters. The normalized spacial score (nSPS) is 16.1. The van der Waals surface area contributed by atoms with E-state index in [1.165, 1.54) is 7.11 Å². The second-order valence-corrected chi connectivity index (χ2v) is 4.23. The summed E-state index contributed by atoms with van der Waals surface area (Å²) in [5.74, 6) is 1.08. The predicted molar refractivity (Wildman–Crippen MR) is 71.2 cm³/mol. The van der Waals surface area contributed by atoms with E-state index in [4.69, 9.17) is 14.2 Å². The van der Waals surface area contributed by atoms with Crippen LogP contribution in [0.1, 0.15) is 0 Å². The second kappa shape index (κ2) is 7.06. The van der Waals surface area contributed by atoms with E-state index in [0.717, 1.165) is 32.8 Å². The molecule has 19 heavy (non-hydrogen) atoms. The quantitative estimate of drug-likeness (QED) is 0.735. The number of morpholine rings is 1. The third-order valence-electron chi connectivity index (χ3n) is 3.03. The molecule has 0 saturated carbocycles. The minimum absolute atomic E-state index is 0.256. The van der Waals surface area contributed by atoms with E-state index in [1.54, 1.807) is 18.2 Å². The molecule has 1 aliphatic rings. The van der Waals surface area contributed by atoms with Crippen LogP contribution in [0.3, 0.4) is 0 Å². The third-order valence-corrected chi connectivity index (χ3v) is 3.03. The summed E-state index contributed by atoms with van der Waals surface area (Å²) in [5.41, 5.74) is 0.256. The predicted octanol–water partition coefficient (Wildman–Crippen LogP) is 1.80. The van der Waals surface area contributed by atoms with Gasteiger partial charge in [-0.2, -0.15) is 0 Å². The highest BCUT2D eigenvalue weighted by Crippen LogP contribution is 2.31. The van der Waals surface area contributed by atoms with Crippen LogP contribution in [0.25, 0.3) is 0 Å². The second-order valence-electron chi connectivity index (χ2n) is 4.23. The Morgan fingerprint density at radius 3 is 2.84 bits per heavy atom. The molecular weight excluding hydrogens is 248 g/mol. The lowest BCUT2D eigenvalue weighted by molar-refractivity contribution is 0.0322. The van der Waals surface area contributed by atoms with Crippen molar-refractivity contribution in [1.29, 1.82) is 0 Å².